The van der Waals surface area contributed by atoms with Crippen molar-refractivity contribution in [2.75, 3.05) is 79.3 Å². The van der Waals surface area contributed by atoms with Gasteiger partial charge in [-0.15, -0.1) is 0 Å². The zero-order chi connectivity index (χ0) is 22.8. The minimum Gasteiger partial charge on any atom is -0.463 e. The van der Waals surface area contributed by atoms with Crippen molar-refractivity contribution in [3.63, 3.8) is 0 Å². The molecule has 0 aliphatic rings. The molecule has 0 heterocycles. The van der Waals surface area contributed by atoms with E-state index in [0.29, 0.717) is 78.9 Å². The highest BCUT2D eigenvalue weighted by molar-refractivity contribution is 5.69. The first-order valence-electron chi connectivity index (χ1n) is 11.4. The molecule has 31 heavy (non-hydrogen) atoms. The molecule has 0 spiro atoms. The molecular formula is C22H42O9. The average Bonchev–Trinajstić information content (AvgIpc) is 2.75. The minimum absolute atomic E-state index is 0.160. The van der Waals surface area contributed by atoms with Gasteiger partial charge < -0.3 is 33.2 Å². The van der Waals surface area contributed by atoms with Gasteiger partial charge in [-0.05, 0) is 12.8 Å². The number of carbonyl (C=O) groups is 2. The Hall–Kier alpha value is -1.26. The predicted octanol–water partition coefficient (Wildman–Crippen LogP) is 2.54. The molecule has 0 unspecified atom stereocenters. The normalized spacial score (nSPS) is 10.9. The standard InChI is InChI=1S/C22H42O9/c1-3-5-6-8-22(24)31-20-18-29-16-14-27-12-10-25-9-11-26-13-15-28-17-19-30-21(23)7-4-2/h3-20H2,1-2H3. The molecule has 0 fully saturated rings. The van der Waals surface area contributed by atoms with Gasteiger partial charge >= 0.3 is 11.9 Å². The maximum atomic E-state index is 11.4. The molecule has 0 aromatic carbocycles. The summed E-state index contributed by atoms with van der Waals surface area (Å²) in [7, 11) is 0. The number of unbranched alkanes of at least 4 members (excludes halogenated alkanes) is 2. The van der Waals surface area contributed by atoms with Crippen LogP contribution in [0.5, 0.6) is 0 Å². The van der Waals surface area contributed by atoms with Crippen LogP contribution in [0.15, 0.2) is 0 Å². The lowest BCUT2D eigenvalue weighted by atomic mass is 10.2. The van der Waals surface area contributed by atoms with Crippen LogP contribution in [0.3, 0.4) is 0 Å². The van der Waals surface area contributed by atoms with Crippen LogP contribution in [-0.4, -0.2) is 91.2 Å². The van der Waals surface area contributed by atoms with E-state index in [4.69, 9.17) is 33.2 Å². The topological polar surface area (TPSA) is 98.8 Å². The summed E-state index contributed by atoms with van der Waals surface area (Å²) >= 11 is 0. The molecule has 0 rings (SSSR count). The SMILES string of the molecule is CCCCCC(=O)OCCOCCOCCOCCOCCOCCOC(=O)CCC. The van der Waals surface area contributed by atoms with Crippen LogP contribution >= 0.6 is 0 Å². The van der Waals surface area contributed by atoms with Crippen LogP contribution in [-0.2, 0) is 42.7 Å². The van der Waals surface area contributed by atoms with Crippen molar-refractivity contribution in [2.24, 2.45) is 0 Å². The first-order valence-corrected chi connectivity index (χ1v) is 11.4. The molecule has 0 saturated heterocycles. The maximum absolute atomic E-state index is 11.4. The fourth-order valence-electron chi connectivity index (χ4n) is 2.28. The molecule has 0 aliphatic heterocycles. The first kappa shape index (κ1) is 29.7. The van der Waals surface area contributed by atoms with E-state index in [1.807, 2.05) is 6.92 Å². The van der Waals surface area contributed by atoms with Crippen LogP contribution in [0.2, 0.25) is 0 Å². The lowest BCUT2D eigenvalue weighted by Crippen LogP contribution is -2.15. The third kappa shape index (κ3) is 24.9. The van der Waals surface area contributed by atoms with Gasteiger partial charge in [-0.3, -0.25) is 9.59 Å². The predicted molar refractivity (Wildman–Crippen MR) is 115 cm³/mol. The lowest BCUT2D eigenvalue weighted by molar-refractivity contribution is -0.146. The van der Waals surface area contributed by atoms with Gasteiger partial charge in [0.2, 0.25) is 0 Å². The quantitative estimate of drug-likeness (QED) is 0.162. The second kappa shape index (κ2) is 25.0. The zero-order valence-corrected chi connectivity index (χ0v) is 19.4. The van der Waals surface area contributed by atoms with Crippen LogP contribution in [0, 0.1) is 0 Å². The largest absolute Gasteiger partial charge is 0.463 e. The highest BCUT2D eigenvalue weighted by Crippen LogP contribution is 2.00. The summed E-state index contributed by atoms with van der Waals surface area (Å²) in [5.74, 6) is -0.348. The smallest absolute Gasteiger partial charge is 0.305 e. The van der Waals surface area contributed by atoms with Gasteiger partial charge in [0, 0.05) is 12.8 Å². The van der Waals surface area contributed by atoms with Gasteiger partial charge in [-0.2, -0.15) is 0 Å². The molecule has 0 radical (unpaired) electrons. The van der Waals surface area contributed by atoms with Gasteiger partial charge in [0.25, 0.3) is 0 Å². The Bertz CT molecular complexity index is 404. The van der Waals surface area contributed by atoms with E-state index < -0.39 is 0 Å². The third-order valence-corrected chi connectivity index (χ3v) is 3.91. The Morgan fingerprint density at radius 1 is 0.452 bits per heavy atom. The maximum Gasteiger partial charge on any atom is 0.305 e. The van der Waals surface area contributed by atoms with Crippen molar-refractivity contribution in [3.8, 4) is 0 Å². The van der Waals surface area contributed by atoms with Crippen molar-refractivity contribution in [1.29, 1.82) is 0 Å². The van der Waals surface area contributed by atoms with Gasteiger partial charge in [-0.25, -0.2) is 0 Å². The fourth-order valence-corrected chi connectivity index (χ4v) is 2.28. The van der Waals surface area contributed by atoms with Crippen LogP contribution < -0.4 is 0 Å². The second-order valence-electron chi connectivity index (χ2n) is 6.71. The summed E-state index contributed by atoms with van der Waals surface area (Å²) in [6, 6.07) is 0. The van der Waals surface area contributed by atoms with Gasteiger partial charge in [-0.1, -0.05) is 26.7 Å². The van der Waals surface area contributed by atoms with Gasteiger partial charge in [0.05, 0.1) is 66.1 Å². The lowest BCUT2D eigenvalue weighted by Gasteiger charge is -2.08. The van der Waals surface area contributed by atoms with Gasteiger partial charge in [0.15, 0.2) is 0 Å². The molecule has 9 heteroatoms. The van der Waals surface area contributed by atoms with Crippen LogP contribution in [0.4, 0.5) is 0 Å². The molecular weight excluding hydrogens is 408 g/mol. The number of carbonyl (C=O) groups excluding carboxylic acids is 2. The number of ether oxygens (including phenoxy) is 7. The molecule has 0 aliphatic carbocycles. The highest BCUT2D eigenvalue weighted by atomic mass is 16.6. The summed E-state index contributed by atoms with van der Waals surface area (Å²) in [4.78, 5) is 22.5. The molecule has 0 bridgehead atoms. The van der Waals surface area contributed by atoms with Crippen molar-refractivity contribution < 1.29 is 42.7 Å². The van der Waals surface area contributed by atoms with Crippen LogP contribution in [0.1, 0.15) is 52.4 Å². The van der Waals surface area contributed by atoms with Crippen molar-refractivity contribution in [1.82, 2.24) is 0 Å². The molecule has 0 aromatic heterocycles. The molecule has 9 nitrogen and oxygen atoms in total. The summed E-state index contributed by atoms with van der Waals surface area (Å²) in [5.41, 5.74) is 0. The van der Waals surface area contributed by atoms with E-state index >= 15 is 0 Å². The summed E-state index contributed by atoms with van der Waals surface area (Å²) in [6.45, 7) is 9.12. The van der Waals surface area contributed by atoms with E-state index in [-0.39, 0.29) is 25.2 Å². The van der Waals surface area contributed by atoms with Crippen molar-refractivity contribution in [3.05, 3.63) is 0 Å². The third-order valence-electron chi connectivity index (χ3n) is 3.91. The Balaban J connectivity index is 3.11. The summed E-state index contributed by atoms with van der Waals surface area (Å²) < 4.78 is 36.8. The minimum atomic E-state index is -0.188. The molecule has 0 N–H and O–H groups in total. The number of hydrogen-bond acceptors (Lipinski definition) is 9. The Kier molecular flexibility index (Phi) is 24.0. The number of rotatable bonds is 24. The number of hydrogen-bond donors (Lipinski definition) is 0. The summed E-state index contributed by atoms with van der Waals surface area (Å²) in [6.07, 6.45) is 4.73. The van der Waals surface area contributed by atoms with E-state index in [2.05, 4.69) is 6.92 Å². The fraction of sp³-hybridized carbons (Fsp3) is 0.909. The molecule has 0 aromatic rings. The average molecular weight is 451 g/mol. The highest BCUT2D eigenvalue weighted by Gasteiger charge is 2.02. The second-order valence-corrected chi connectivity index (χ2v) is 6.71. The molecule has 0 amide bonds. The molecule has 184 valence electrons. The van der Waals surface area contributed by atoms with E-state index in [0.717, 1.165) is 25.7 Å². The Morgan fingerprint density at radius 2 is 0.806 bits per heavy atom. The number of esters is 2. The van der Waals surface area contributed by atoms with Crippen molar-refractivity contribution >= 4 is 11.9 Å². The van der Waals surface area contributed by atoms with Crippen molar-refractivity contribution in [2.45, 2.75) is 52.4 Å². The van der Waals surface area contributed by atoms with Crippen LogP contribution in [0.25, 0.3) is 0 Å². The van der Waals surface area contributed by atoms with E-state index in [1.165, 1.54) is 0 Å². The monoisotopic (exact) mass is 450 g/mol. The molecule has 0 saturated carbocycles. The Morgan fingerprint density at radius 3 is 1.16 bits per heavy atom. The van der Waals surface area contributed by atoms with E-state index in [9.17, 15) is 9.59 Å². The first-order chi connectivity index (χ1) is 15.2. The molecule has 0 atom stereocenters. The van der Waals surface area contributed by atoms with E-state index in [1.54, 1.807) is 0 Å². The zero-order valence-electron chi connectivity index (χ0n) is 19.4. The summed E-state index contributed by atoms with van der Waals surface area (Å²) in [5, 5.41) is 0. The Labute approximate surface area is 187 Å². The van der Waals surface area contributed by atoms with Gasteiger partial charge in [0.1, 0.15) is 13.2 Å².